The third-order valence-corrected chi connectivity index (χ3v) is 7.81. The molecule has 2 N–H and O–H groups in total. The van der Waals surface area contributed by atoms with E-state index in [0.29, 0.717) is 43.6 Å². The summed E-state index contributed by atoms with van der Waals surface area (Å²) < 4.78 is 54.9. The van der Waals surface area contributed by atoms with E-state index in [1.807, 2.05) is 0 Å². The zero-order valence-electron chi connectivity index (χ0n) is 16.4. The van der Waals surface area contributed by atoms with E-state index < -0.39 is 19.9 Å². The van der Waals surface area contributed by atoms with Crippen LogP contribution in [-0.4, -0.2) is 58.8 Å². The Balaban J connectivity index is 1.55. The largest absolute Gasteiger partial charge is 0.379 e. The quantitative estimate of drug-likeness (QED) is 0.615. The monoisotopic (exact) mass is 469 g/mol. The summed E-state index contributed by atoms with van der Waals surface area (Å²) in [5, 5.41) is 6.40. The lowest BCUT2D eigenvalue weighted by Crippen LogP contribution is -2.40. The minimum atomic E-state index is -3.53. The number of anilines is 1. The van der Waals surface area contributed by atoms with E-state index in [-0.39, 0.29) is 9.79 Å². The van der Waals surface area contributed by atoms with Crippen molar-refractivity contribution in [1.82, 2.24) is 9.62 Å². The molecule has 0 saturated carbocycles. The van der Waals surface area contributed by atoms with E-state index in [1.54, 1.807) is 48.5 Å². The number of ether oxygens (including phenoxy) is 1. The summed E-state index contributed by atoms with van der Waals surface area (Å²) in [5.41, 5.74) is 1.53. The first-order valence-electron chi connectivity index (χ1n) is 9.18. The topological polar surface area (TPSA) is 105 Å². The smallest absolute Gasteiger partial charge is 0.243 e. The molecule has 1 aliphatic heterocycles. The lowest BCUT2D eigenvalue weighted by molar-refractivity contribution is 0.0730. The van der Waals surface area contributed by atoms with Crippen molar-refractivity contribution in [3.05, 3.63) is 54.1 Å². The van der Waals surface area contributed by atoms with E-state index in [4.69, 9.17) is 17.0 Å². The van der Waals surface area contributed by atoms with Crippen molar-refractivity contribution in [1.29, 1.82) is 0 Å². The molecule has 1 fully saturated rings. The van der Waals surface area contributed by atoms with Gasteiger partial charge in [-0.3, -0.25) is 0 Å². The second-order valence-electron chi connectivity index (χ2n) is 6.76. The Morgan fingerprint density at radius 1 is 0.967 bits per heavy atom. The van der Waals surface area contributed by atoms with Gasteiger partial charge in [-0.1, -0.05) is 12.1 Å². The first-order valence-corrected chi connectivity index (χ1v) is 12.9. The number of sulfonamides is 1. The summed E-state index contributed by atoms with van der Waals surface area (Å²) in [6.45, 7) is 1.91. The Labute approximate surface area is 182 Å². The molecule has 0 unspecified atom stereocenters. The Hall–Kier alpha value is -2.05. The standard InChI is InChI=1S/C19H23N3O5S3/c1-29(23,24)17-6-2-15(3-7-17)14-20-19(28)21-16-4-8-18(9-5-16)30(25,26)22-10-12-27-13-11-22/h2-9H,10-14H2,1H3,(H2,20,21,28). The van der Waals surface area contributed by atoms with Gasteiger partial charge in [-0.05, 0) is 54.2 Å². The Morgan fingerprint density at radius 3 is 2.10 bits per heavy atom. The van der Waals surface area contributed by atoms with Crippen molar-refractivity contribution in [2.45, 2.75) is 16.3 Å². The van der Waals surface area contributed by atoms with E-state index in [0.717, 1.165) is 11.8 Å². The van der Waals surface area contributed by atoms with Gasteiger partial charge >= 0.3 is 0 Å². The molecule has 30 heavy (non-hydrogen) atoms. The molecule has 11 heteroatoms. The van der Waals surface area contributed by atoms with Gasteiger partial charge in [0.1, 0.15) is 0 Å². The Bertz CT molecular complexity index is 1090. The molecule has 2 aromatic carbocycles. The van der Waals surface area contributed by atoms with Crippen LogP contribution in [0.5, 0.6) is 0 Å². The van der Waals surface area contributed by atoms with E-state index in [2.05, 4.69) is 10.6 Å². The molecule has 0 bridgehead atoms. The Kier molecular flexibility index (Phi) is 7.09. The summed E-state index contributed by atoms with van der Waals surface area (Å²) in [7, 11) is -6.76. The zero-order chi connectivity index (χ0) is 21.8. The molecule has 0 spiro atoms. The summed E-state index contributed by atoms with van der Waals surface area (Å²) in [4.78, 5) is 0.485. The molecule has 0 aromatic heterocycles. The fourth-order valence-electron chi connectivity index (χ4n) is 2.86. The van der Waals surface area contributed by atoms with E-state index in [9.17, 15) is 16.8 Å². The minimum absolute atomic E-state index is 0.222. The molecular weight excluding hydrogens is 446 g/mol. The highest BCUT2D eigenvalue weighted by Crippen LogP contribution is 2.19. The predicted octanol–water partition coefficient (Wildman–Crippen LogP) is 1.60. The third-order valence-electron chi connectivity index (χ3n) is 4.52. The summed E-state index contributed by atoms with van der Waals surface area (Å²) >= 11 is 5.27. The number of thiocarbonyl (C=S) groups is 1. The zero-order valence-corrected chi connectivity index (χ0v) is 18.8. The second-order valence-corrected chi connectivity index (χ2v) is 11.1. The number of rotatable bonds is 6. The van der Waals surface area contributed by atoms with E-state index >= 15 is 0 Å². The highest BCUT2D eigenvalue weighted by Gasteiger charge is 2.26. The number of morpholine rings is 1. The molecular formula is C19H23N3O5S3. The fraction of sp³-hybridized carbons (Fsp3) is 0.316. The number of nitrogens with one attached hydrogen (secondary N) is 2. The first kappa shape index (κ1) is 22.6. The van der Waals surface area contributed by atoms with Crippen LogP contribution in [0.3, 0.4) is 0 Å². The number of hydrogen-bond acceptors (Lipinski definition) is 6. The lowest BCUT2D eigenvalue weighted by atomic mass is 10.2. The molecule has 0 atom stereocenters. The van der Waals surface area contributed by atoms with Crippen LogP contribution in [-0.2, 0) is 31.1 Å². The molecule has 0 radical (unpaired) electrons. The van der Waals surface area contributed by atoms with Crippen LogP contribution in [0.1, 0.15) is 5.56 Å². The van der Waals surface area contributed by atoms with Crippen LogP contribution in [0.25, 0.3) is 0 Å². The maximum absolute atomic E-state index is 12.6. The summed E-state index contributed by atoms with van der Waals surface area (Å²) in [6, 6.07) is 12.9. The van der Waals surface area contributed by atoms with Crippen LogP contribution < -0.4 is 10.6 Å². The minimum Gasteiger partial charge on any atom is -0.379 e. The first-order chi connectivity index (χ1) is 14.2. The number of sulfone groups is 1. The summed E-state index contributed by atoms with van der Waals surface area (Å²) in [6.07, 6.45) is 1.16. The molecule has 0 amide bonds. The van der Waals surface area contributed by atoms with Crippen LogP contribution in [0.4, 0.5) is 5.69 Å². The number of nitrogens with zero attached hydrogens (tertiary/aromatic N) is 1. The van der Waals surface area contributed by atoms with Gasteiger partial charge in [0.25, 0.3) is 0 Å². The van der Waals surface area contributed by atoms with E-state index in [1.165, 1.54) is 4.31 Å². The highest BCUT2D eigenvalue weighted by molar-refractivity contribution is 7.90. The third kappa shape index (κ3) is 5.76. The van der Waals surface area contributed by atoms with Crippen molar-refractivity contribution in [3.63, 3.8) is 0 Å². The van der Waals surface area contributed by atoms with Gasteiger partial charge in [0.2, 0.25) is 10.0 Å². The number of benzene rings is 2. The van der Waals surface area contributed by atoms with Crippen LogP contribution >= 0.6 is 12.2 Å². The normalized spacial score (nSPS) is 15.5. The van der Waals surface area contributed by atoms with Gasteiger partial charge in [-0.25, -0.2) is 16.8 Å². The molecule has 0 aliphatic carbocycles. The average Bonchev–Trinajstić information content (AvgIpc) is 2.73. The van der Waals surface area contributed by atoms with Gasteiger partial charge in [0.05, 0.1) is 23.0 Å². The SMILES string of the molecule is CS(=O)(=O)c1ccc(CNC(=S)Nc2ccc(S(=O)(=O)N3CCOCC3)cc2)cc1. The maximum Gasteiger partial charge on any atom is 0.243 e. The molecule has 1 heterocycles. The second kappa shape index (κ2) is 9.40. The van der Waals surface area contributed by atoms with Crippen molar-refractivity contribution in [2.75, 3.05) is 37.9 Å². The fourth-order valence-corrected chi connectivity index (χ4v) is 5.09. The molecule has 2 aromatic rings. The molecule has 3 rings (SSSR count). The van der Waals surface area contributed by atoms with Gasteiger partial charge < -0.3 is 15.4 Å². The van der Waals surface area contributed by atoms with Crippen molar-refractivity contribution >= 4 is 42.9 Å². The molecule has 8 nitrogen and oxygen atoms in total. The summed E-state index contributed by atoms with van der Waals surface area (Å²) in [5.74, 6) is 0. The van der Waals surface area contributed by atoms with Crippen molar-refractivity contribution in [3.8, 4) is 0 Å². The Morgan fingerprint density at radius 2 is 1.53 bits per heavy atom. The number of hydrogen-bond donors (Lipinski definition) is 2. The molecule has 1 saturated heterocycles. The van der Waals surface area contributed by atoms with Crippen molar-refractivity contribution < 1.29 is 21.6 Å². The van der Waals surface area contributed by atoms with Gasteiger partial charge in [-0.2, -0.15) is 4.31 Å². The van der Waals surface area contributed by atoms with Gasteiger partial charge in [0, 0.05) is 31.6 Å². The maximum atomic E-state index is 12.6. The molecule has 1 aliphatic rings. The van der Waals surface area contributed by atoms with Gasteiger partial charge in [0.15, 0.2) is 14.9 Å². The highest BCUT2D eigenvalue weighted by atomic mass is 32.2. The van der Waals surface area contributed by atoms with Gasteiger partial charge in [-0.15, -0.1) is 0 Å². The van der Waals surface area contributed by atoms with Crippen LogP contribution in [0.2, 0.25) is 0 Å². The van der Waals surface area contributed by atoms with Crippen LogP contribution in [0, 0.1) is 0 Å². The molecule has 162 valence electrons. The van der Waals surface area contributed by atoms with Crippen LogP contribution in [0.15, 0.2) is 58.3 Å². The van der Waals surface area contributed by atoms with Crippen molar-refractivity contribution in [2.24, 2.45) is 0 Å². The average molecular weight is 470 g/mol. The predicted molar refractivity (Wildman–Crippen MR) is 119 cm³/mol. The lowest BCUT2D eigenvalue weighted by Gasteiger charge is -2.26.